The first-order valence-corrected chi connectivity index (χ1v) is 14.1. The molecule has 3 heterocycles. The number of ketones is 3. The Kier molecular flexibility index (Phi) is 6.06. The molecular formula is C32H36N2O5. The number of aromatic nitrogens is 1. The van der Waals surface area contributed by atoms with Crippen LogP contribution in [0, 0.1) is 29.1 Å². The fraction of sp³-hybridized carbons (Fsp3) is 0.500. The van der Waals surface area contributed by atoms with Gasteiger partial charge in [0.2, 0.25) is 17.5 Å². The summed E-state index contributed by atoms with van der Waals surface area (Å²) in [7, 11) is 0. The summed E-state index contributed by atoms with van der Waals surface area (Å²) in [4.78, 5) is 57.3. The van der Waals surface area contributed by atoms with Crippen LogP contribution in [0.15, 0.2) is 54.3 Å². The second kappa shape index (κ2) is 9.12. The van der Waals surface area contributed by atoms with E-state index < -0.39 is 28.5 Å². The van der Waals surface area contributed by atoms with E-state index in [-0.39, 0.29) is 54.4 Å². The smallest absolute Gasteiger partial charge is 0.235 e. The lowest BCUT2D eigenvalue weighted by atomic mass is 9.51. The summed E-state index contributed by atoms with van der Waals surface area (Å²) in [6.07, 6.45) is 8.46. The molecule has 3 fully saturated rings. The van der Waals surface area contributed by atoms with Crippen LogP contribution < -0.4 is 5.32 Å². The van der Waals surface area contributed by atoms with Crippen molar-refractivity contribution in [2.75, 3.05) is 0 Å². The maximum atomic E-state index is 14.3. The third kappa shape index (κ3) is 3.80. The number of carbonyl (C=O) groups is 4. The van der Waals surface area contributed by atoms with Crippen molar-refractivity contribution in [2.24, 2.45) is 29.1 Å². The summed E-state index contributed by atoms with van der Waals surface area (Å²) >= 11 is 0. The van der Waals surface area contributed by atoms with E-state index in [4.69, 9.17) is 4.74 Å². The van der Waals surface area contributed by atoms with E-state index in [0.717, 1.165) is 16.5 Å². The van der Waals surface area contributed by atoms with Crippen LogP contribution in [0.4, 0.5) is 0 Å². The van der Waals surface area contributed by atoms with Gasteiger partial charge in [-0.2, -0.15) is 0 Å². The first-order chi connectivity index (χ1) is 18.6. The van der Waals surface area contributed by atoms with Crippen molar-refractivity contribution in [3.8, 4) is 0 Å². The number of nitrogens with one attached hydrogen (secondary N) is 2. The molecule has 1 saturated carbocycles. The van der Waals surface area contributed by atoms with Crippen LogP contribution in [-0.2, 0) is 30.3 Å². The molecular weight excluding hydrogens is 492 g/mol. The van der Waals surface area contributed by atoms with Gasteiger partial charge in [0.1, 0.15) is 11.2 Å². The second-order valence-corrected chi connectivity index (χ2v) is 12.2. The van der Waals surface area contributed by atoms with Crippen molar-refractivity contribution in [1.29, 1.82) is 0 Å². The number of aromatic amines is 1. The number of epoxide rings is 1. The number of hydrogen-bond donors (Lipinski definition) is 2. The zero-order valence-electron chi connectivity index (χ0n) is 23.0. The second-order valence-electron chi connectivity index (χ2n) is 12.2. The molecule has 2 aliphatic heterocycles. The molecule has 7 nitrogen and oxygen atoms in total. The van der Waals surface area contributed by atoms with Gasteiger partial charge in [-0.05, 0) is 55.7 Å². The average Bonchev–Trinajstić information content (AvgIpc) is 3.31. The number of allylic oxidation sites excluding steroid dienone is 3. The van der Waals surface area contributed by atoms with Gasteiger partial charge in [-0.25, -0.2) is 0 Å². The third-order valence-electron chi connectivity index (χ3n) is 9.99. The molecule has 1 aromatic carbocycles. The zero-order valence-corrected chi connectivity index (χ0v) is 23.0. The highest BCUT2D eigenvalue weighted by Crippen LogP contribution is 2.66. The normalized spacial score (nSPS) is 40.8. The van der Waals surface area contributed by atoms with E-state index in [9.17, 15) is 19.2 Å². The molecule has 0 unspecified atom stereocenters. The minimum Gasteiger partial charge on any atom is -0.365 e. The van der Waals surface area contributed by atoms with Crippen LogP contribution in [0.5, 0.6) is 0 Å². The summed E-state index contributed by atoms with van der Waals surface area (Å²) < 4.78 is 6.34. The molecule has 6 rings (SSSR count). The Morgan fingerprint density at radius 3 is 2.64 bits per heavy atom. The molecule has 204 valence electrons. The molecule has 1 amide bonds. The summed E-state index contributed by atoms with van der Waals surface area (Å²) in [5.74, 6) is -2.47. The van der Waals surface area contributed by atoms with Gasteiger partial charge in [-0.3, -0.25) is 19.2 Å². The Hall–Kier alpha value is -3.32. The van der Waals surface area contributed by atoms with Gasteiger partial charge < -0.3 is 15.0 Å². The predicted octanol–water partition coefficient (Wildman–Crippen LogP) is 4.26. The Labute approximate surface area is 228 Å². The van der Waals surface area contributed by atoms with E-state index in [1.165, 1.54) is 0 Å². The molecule has 4 aliphatic rings. The van der Waals surface area contributed by atoms with Gasteiger partial charge >= 0.3 is 0 Å². The number of hydrogen-bond acceptors (Lipinski definition) is 5. The zero-order chi connectivity index (χ0) is 27.7. The van der Waals surface area contributed by atoms with Crippen molar-refractivity contribution in [3.05, 3.63) is 59.8 Å². The van der Waals surface area contributed by atoms with E-state index in [2.05, 4.69) is 30.2 Å². The molecule has 1 aromatic heterocycles. The van der Waals surface area contributed by atoms with Crippen molar-refractivity contribution < 1.29 is 23.9 Å². The fourth-order valence-electron chi connectivity index (χ4n) is 7.84. The molecule has 2 N–H and O–H groups in total. The Morgan fingerprint density at radius 1 is 1.08 bits per heavy atom. The number of H-pyrrole nitrogens is 1. The summed E-state index contributed by atoms with van der Waals surface area (Å²) in [5.41, 5.74) is 0.739. The molecule has 2 aromatic rings. The number of carbonyl (C=O) groups excluding carboxylic acids is 4. The summed E-state index contributed by atoms with van der Waals surface area (Å²) in [6.45, 7) is 7.83. The molecule has 8 atom stereocenters. The van der Waals surface area contributed by atoms with Gasteiger partial charge in [-0.1, -0.05) is 50.3 Å². The first-order valence-electron chi connectivity index (χ1n) is 14.1. The average molecular weight is 529 g/mol. The quantitative estimate of drug-likeness (QED) is 0.262. The maximum absolute atomic E-state index is 14.3. The first kappa shape index (κ1) is 25.9. The molecule has 2 saturated heterocycles. The molecule has 0 radical (unpaired) electrons. The number of ether oxygens (including phenoxy) is 1. The van der Waals surface area contributed by atoms with Gasteiger partial charge in [0, 0.05) is 47.8 Å². The van der Waals surface area contributed by atoms with Crippen molar-refractivity contribution in [1.82, 2.24) is 10.3 Å². The lowest BCUT2D eigenvalue weighted by molar-refractivity contribution is -0.149. The lowest BCUT2D eigenvalue weighted by Crippen LogP contribution is -2.58. The summed E-state index contributed by atoms with van der Waals surface area (Å²) in [5, 5.41) is 4.34. The van der Waals surface area contributed by atoms with Gasteiger partial charge in [-0.15, -0.1) is 0 Å². The monoisotopic (exact) mass is 528 g/mol. The maximum Gasteiger partial charge on any atom is 0.235 e. The Bertz CT molecular complexity index is 1450. The Morgan fingerprint density at radius 2 is 1.85 bits per heavy atom. The minimum absolute atomic E-state index is 0.0299. The molecule has 0 bridgehead atoms. The van der Waals surface area contributed by atoms with Crippen LogP contribution in [0.2, 0.25) is 0 Å². The topological polar surface area (TPSA) is 109 Å². The third-order valence-corrected chi connectivity index (χ3v) is 9.99. The fourth-order valence-corrected chi connectivity index (χ4v) is 7.84. The highest BCUT2D eigenvalue weighted by Gasteiger charge is 2.78. The standard InChI is InChI=1S/C32H36N2O5/c1-17-8-7-10-22-29-31(4,39-29)19(3)27-24(15-20-16-33-23-11-6-5-9-21(20)23)34-30(38)32(22,27)26(36)13-12-25(35)28(37)18(2)14-17/h5-7,9-11,14,16-17,19,22,24,27,29,33H,8,12-13,15H2,1-4H3,(H,34,38)/b10-7-,18-14-/t17-,19-,22-,24+,27-,29+,31+,32+/m0/s1. The van der Waals surface area contributed by atoms with E-state index in [0.29, 0.717) is 18.4 Å². The van der Waals surface area contributed by atoms with E-state index in [1.807, 2.05) is 49.5 Å². The number of fused-ring (bicyclic) bond motifs is 3. The highest BCUT2D eigenvalue weighted by atomic mass is 16.6. The Balaban J connectivity index is 1.44. The molecule has 1 spiro atoms. The van der Waals surface area contributed by atoms with Gasteiger partial charge in [0.15, 0.2) is 0 Å². The number of benzene rings is 1. The van der Waals surface area contributed by atoms with E-state index in [1.54, 1.807) is 6.92 Å². The van der Waals surface area contributed by atoms with Crippen LogP contribution in [0.1, 0.15) is 52.5 Å². The van der Waals surface area contributed by atoms with Crippen molar-refractivity contribution >= 4 is 34.2 Å². The van der Waals surface area contributed by atoms with Crippen molar-refractivity contribution in [2.45, 2.75) is 71.1 Å². The molecule has 2 aliphatic carbocycles. The number of para-hydroxylation sites is 1. The minimum atomic E-state index is -1.35. The SMILES string of the molecule is C/C1=C/[C@@H](C)C/C=C\[C@H]2[C@H]3O[C@]3(C)[C@@H](C)[C@H]3[C@@H](Cc4c[nH]c5ccccc45)NC(=O)[C@]32C(=O)CCC(=O)C1=O. The van der Waals surface area contributed by atoms with Crippen LogP contribution >= 0.6 is 0 Å². The van der Waals surface area contributed by atoms with Crippen molar-refractivity contribution in [3.63, 3.8) is 0 Å². The molecule has 39 heavy (non-hydrogen) atoms. The van der Waals surface area contributed by atoms with Gasteiger partial charge in [0.25, 0.3) is 0 Å². The number of amides is 1. The van der Waals surface area contributed by atoms with Crippen LogP contribution in [-0.4, -0.2) is 46.0 Å². The number of rotatable bonds is 2. The predicted molar refractivity (Wildman–Crippen MR) is 147 cm³/mol. The van der Waals surface area contributed by atoms with Gasteiger partial charge in [0.05, 0.1) is 11.7 Å². The highest BCUT2D eigenvalue weighted by molar-refractivity contribution is 6.43. The molecule has 7 heteroatoms. The summed E-state index contributed by atoms with van der Waals surface area (Å²) in [6, 6.07) is 7.79. The lowest BCUT2D eigenvalue weighted by Gasteiger charge is -2.46. The number of Topliss-reactive ketones (excluding diaryl/α,β-unsaturated/α-hetero) is 3. The van der Waals surface area contributed by atoms with E-state index >= 15 is 0 Å². The van der Waals surface area contributed by atoms with Crippen LogP contribution in [0.25, 0.3) is 10.9 Å². The largest absolute Gasteiger partial charge is 0.365 e. The van der Waals surface area contributed by atoms with Crippen LogP contribution in [0.3, 0.4) is 0 Å².